The minimum atomic E-state index is -0.470. The molecule has 0 bridgehead atoms. The van der Waals surface area contributed by atoms with Gasteiger partial charge in [-0.05, 0) is 31.0 Å². The Bertz CT molecular complexity index is 482. The van der Waals surface area contributed by atoms with Crippen molar-refractivity contribution >= 4 is 17.5 Å². The Balaban J connectivity index is 1.81. The van der Waals surface area contributed by atoms with Crippen molar-refractivity contribution < 1.29 is 9.18 Å². The number of carbonyl (C=O) groups is 1. The minimum Gasteiger partial charge on any atom is -0.336 e. The van der Waals surface area contributed by atoms with Crippen LogP contribution < -0.4 is 5.32 Å². The number of hydrogen-bond acceptors (Lipinski definition) is 2. The summed E-state index contributed by atoms with van der Waals surface area (Å²) in [4.78, 5) is 14.1. The van der Waals surface area contributed by atoms with Gasteiger partial charge in [0.1, 0.15) is 5.82 Å². The SMILES string of the molecule is O=C(c1cc(F)cc(Cl)c1)N1CCNC2(CC2)C1. The van der Waals surface area contributed by atoms with Crippen LogP contribution in [-0.4, -0.2) is 36.0 Å². The van der Waals surface area contributed by atoms with Crippen molar-refractivity contribution in [3.63, 3.8) is 0 Å². The molecule has 18 heavy (non-hydrogen) atoms. The first-order valence-electron chi connectivity index (χ1n) is 6.08. The van der Waals surface area contributed by atoms with Crippen molar-refractivity contribution in [2.24, 2.45) is 0 Å². The van der Waals surface area contributed by atoms with Crippen molar-refractivity contribution in [3.05, 3.63) is 34.6 Å². The molecule has 0 radical (unpaired) electrons. The minimum absolute atomic E-state index is 0.130. The van der Waals surface area contributed by atoms with Gasteiger partial charge in [-0.15, -0.1) is 0 Å². The third kappa shape index (κ3) is 2.22. The van der Waals surface area contributed by atoms with Crippen LogP contribution in [0.1, 0.15) is 23.2 Å². The summed E-state index contributed by atoms with van der Waals surface area (Å²) < 4.78 is 13.3. The van der Waals surface area contributed by atoms with E-state index in [1.54, 1.807) is 4.90 Å². The molecule has 1 aromatic rings. The summed E-state index contributed by atoms with van der Waals surface area (Å²) in [6.45, 7) is 2.17. The summed E-state index contributed by atoms with van der Waals surface area (Å²) in [6, 6.07) is 3.98. The molecule has 3 nitrogen and oxygen atoms in total. The number of hydrogen-bond donors (Lipinski definition) is 1. The highest BCUT2D eigenvalue weighted by Gasteiger charge is 2.46. The highest BCUT2D eigenvalue weighted by atomic mass is 35.5. The van der Waals surface area contributed by atoms with Crippen LogP contribution in [0.2, 0.25) is 5.02 Å². The van der Waals surface area contributed by atoms with Crippen LogP contribution in [-0.2, 0) is 0 Å². The Kier molecular flexibility index (Phi) is 2.79. The molecule has 1 saturated heterocycles. The van der Waals surface area contributed by atoms with Crippen molar-refractivity contribution in [2.75, 3.05) is 19.6 Å². The van der Waals surface area contributed by atoms with Gasteiger partial charge in [-0.25, -0.2) is 4.39 Å². The normalized spacial score (nSPS) is 21.1. The standard InChI is InChI=1S/C13H14ClFN2O/c14-10-5-9(6-11(15)7-10)12(18)17-4-3-16-13(8-17)1-2-13/h5-7,16H,1-4,8H2. The van der Waals surface area contributed by atoms with Gasteiger partial charge in [0.2, 0.25) is 0 Å². The van der Waals surface area contributed by atoms with Gasteiger partial charge in [0, 0.05) is 35.8 Å². The molecule has 1 saturated carbocycles. The molecule has 1 heterocycles. The third-order valence-electron chi connectivity index (χ3n) is 3.63. The second-order valence-corrected chi connectivity index (χ2v) is 5.53. The molecular weight excluding hydrogens is 255 g/mol. The summed E-state index contributed by atoms with van der Waals surface area (Å²) in [5, 5.41) is 3.69. The zero-order valence-electron chi connectivity index (χ0n) is 9.88. The summed E-state index contributed by atoms with van der Waals surface area (Å²) in [5.41, 5.74) is 0.461. The lowest BCUT2D eigenvalue weighted by molar-refractivity contribution is 0.0691. The number of carbonyl (C=O) groups excluding carboxylic acids is 1. The van der Waals surface area contributed by atoms with Crippen molar-refractivity contribution in [1.29, 1.82) is 0 Å². The van der Waals surface area contributed by atoms with Crippen molar-refractivity contribution in [3.8, 4) is 0 Å². The van der Waals surface area contributed by atoms with E-state index in [4.69, 9.17) is 11.6 Å². The summed E-state index contributed by atoms with van der Waals surface area (Å²) in [5.74, 6) is -0.605. The first-order chi connectivity index (χ1) is 8.58. The van der Waals surface area contributed by atoms with Crippen LogP contribution in [0.3, 0.4) is 0 Å². The molecule has 1 aliphatic carbocycles. The fourth-order valence-corrected chi connectivity index (χ4v) is 2.70. The molecule has 1 spiro atoms. The van der Waals surface area contributed by atoms with E-state index in [1.807, 2.05) is 0 Å². The van der Waals surface area contributed by atoms with Gasteiger partial charge < -0.3 is 10.2 Å². The Labute approximate surface area is 110 Å². The maximum absolute atomic E-state index is 13.3. The summed E-state index contributed by atoms with van der Waals surface area (Å²) >= 11 is 5.78. The molecule has 1 N–H and O–H groups in total. The number of benzene rings is 1. The van der Waals surface area contributed by atoms with Crippen molar-refractivity contribution in [2.45, 2.75) is 18.4 Å². The average Bonchev–Trinajstić information content (AvgIpc) is 3.06. The number of rotatable bonds is 1. The lowest BCUT2D eigenvalue weighted by Crippen LogP contribution is -2.54. The van der Waals surface area contributed by atoms with Crippen molar-refractivity contribution in [1.82, 2.24) is 10.2 Å². The highest BCUT2D eigenvalue weighted by molar-refractivity contribution is 6.31. The molecule has 2 aliphatic rings. The molecule has 1 aromatic carbocycles. The van der Waals surface area contributed by atoms with Gasteiger partial charge in [0.05, 0.1) is 0 Å². The van der Waals surface area contributed by atoms with Gasteiger partial charge in [0.25, 0.3) is 5.91 Å². The molecule has 0 atom stereocenters. The molecule has 96 valence electrons. The molecule has 0 aromatic heterocycles. The van der Waals surface area contributed by atoms with Gasteiger partial charge >= 0.3 is 0 Å². The summed E-state index contributed by atoms with van der Waals surface area (Å²) in [6.07, 6.45) is 2.22. The highest BCUT2D eigenvalue weighted by Crippen LogP contribution is 2.37. The van der Waals surface area contributed by atoms with E-state index in [9.17, 15) is 9.18 Å². The molecule has 3 rings (SSSR count). The predicted molar refractivity (Wildman–Crippen MR) is 67.3 cm³/mol. The molecule has 1 amide bonds. The number of piperazine rings is 1. The maximum Gasteiger partial charge on any atom is 0.254 e. The van der Waals surface area contributed by atoms with Gasteiger partial charge in [-0.3, -0.25) is 4.79 Å². The number of nitrogens with one attached hydrogen (secondary N) is 1. The smallest absolute Gasteiger partial charge is 0.254 e. The van der Waals surface area contributed by atoms with Crippen LogP contribution in [0.5, 0.6) is 0 Å². The molecular formula is C13H14ClFN2O. The van der Waals surface area contributed by atoms with E-state index in [-0.39, 0.29) is 16.5 Å². The van der Waals surface area contributed by atoms with E-state index in [0.717, 1.165) is 19.4 Å². The average molecular weight is 269 g/mol. The predicted octanol–water partition coefficient (Wildman–Crippen LogP) is 2.06. The first-order valence-corrected chi connectivity index (χ1v) is 6.46. The van der Waals surface area contributed by atoms with Crippen LogP contribution in [0.4, 0.5) is 4.39 Å². The largest absolute Gasteiger partial charge is 0.336 e. The van der Waals surface area contributed by atoms with Gasteiger partial charge in [-0.2, -0.15) is 0 Å². The number of halogens is 2. The number of nitrogens with zero attached hydrogens (tertiary/aromatic N) is 1. The maximum atomic E-state index is 13.3. The van der Waals surface area contributed by atoms with Crippen LogP contribution in [0.15, 0.2) is 18.2 Å². The Morgan fingerprint density at radius 3 is 2.83 bits per heavy atom. The lowest BCUT2D eigenvalue weighted by Gasteiger charge is -2.34. The molecule has 2 fully saturated rings. The topological polar surface area (TPSA) is 32.3 Å². The Morgan fingerprint density at radius 2 is 2.17 bits per heavy atom. The van der Waals surface area contributed by atoms with Crippen LogP contribution in [0.25, 0.3) is 0 Å². The molecule has 0 unspecified atom stereocenters. The van der Waals surface area contributed by atoms with E-state index < -0.39 is 5.82 Å². The third-order valence-corrected chi connectivity index (χ3v) is 3.84. The fraction of sp³-hybridized carbons (Fsp3) is 0.462. The monoisotopic (exact) mass is 268 g/mol. The molecule has 5 heteroatoms. The second-order valence-electron chi connectivity index (χ2n) is 5.09. The number of amides is 1. The Hall–Kier alpha value is -1.13. The van der Waals surface area contributed by atoms with E-state index in [2.05, 4.69) is 5.32 Å². The van der Waals surface area contributed by atoms with Crippen LogP contribution in [0, 0.1) is 5.82 Å². The summed E-state index contributed by atoms with van der Waals surface area (Å²) in [7, 11) is 0. The van der Waals surface area contributed by atoms with Gasteiger partial charge in [-0.1, -0.05) is 11.6 Å². The lowest BCUT2D eigenvalue weighted by atomic mass is 10.1. The van der Waals surface area contributed by atoms with Crippen LogP contribution >= 0.6 is 11.6 Å². The zero-order chi connectivity index (χ0) is 12.8. The Morgan fingerprint density at radius 1 is 1.39 bits per heavy atom. The first kappa shape index (κ1) is 11.9. The molecule has 1 aliphatic heterocycles. The van der Waals surface area contributed by atoms with E-state index in [1.165, 1.54) is 18.2 Å². The van der Waals surface area contributed by atoms with E-state index in [0.29, 0.717) is 18.7 Å². The fourth-order valence-electron chi connectivity index (χ4n) is 2.48. The van der Waals surface area contributed by atoms with Gasteiger partial charge in [0.15, 0.2) is 0 Å². The van der Waals surface area contributed by atoms with E-state index >= 15 is 0 Å². The zero-order valence-corrected chi connectivity index (χ0v) is 10.6. The quantitative estimate of drug-likeness (QED) is 0.846. The second kappa shape index (κ2) is 4.21.